The Morgan fingerprint density at radius 1 is 1.21 bits per heavy atom. The molecule has 1 amide bonds. The lowest BCUT2D eigenvalue weighted by Crippen LogP contribution is -2.17. The number of nitrogens with one attached hydrogen (secondary N) is 1. The summed E-state index contributed by atoms with van der Waals surface area (Å²) >= 11 is 0. The molecule has 0 aromatic heterocycles. The van der Waals surface area contributed by atoms with Gasteiger partial charge in [-0.3, -0.25) is 4.79 Å². The Labute approximate surface area is 87.8 Å². The van der Waals surface area contributed by atoms with E-state index in [-0.39, 0.29) is 7.33 Å². The first-order valence-electron chi connectivity index (χ1n) is 4.94. The number of rotatable bonds is 1. The predicted molar refractivity (Wildman–Crippen MR) is 62.8 cm³/mol. The molecular formula is C12H21NO. The number of amides is 1. The lowest BCUT2D eigenvalue weighted by Gasteiger charge is -2.03. The van der Waals surface area contributed by atoms with Gasteiger partial charge in [-0.05, 0) is 37.1 Å². The van der Waals surface area contributed by atoms with Crippen molar-refractivity contribution in [2.24, 2.45) is 0 Å². The molecule has 0 aliphatic rings. The smallest absolute Gasteiger partial charge is 0.251 e. The van der Waals surface area contributed by atoms with Gasteiger partial charge in [0.1, 0.15) is 0 Å². The Bertz CT molecular complexity index is 310. The van der Waals surface area contributed by atoms with E-state index in [0.29, 0.717) is 0 Å². The standard InChI is InChI=1S/C10H13NO.C2H6.H2/c1-7-4-5-9(6-8(7)2)10(12)11-3;1-2;/h4-6H,1-3H3,(H,11,12);1-2H3;1H. The molecule has 0 atom stereocenters. The molecule has 2 nitrogen and oxygen atoms in total. The summed E-state index contributed by atoms with van der Waals surface area (Å²) in [4.78, 5) is 11.2. The minimum atomic E-state index is -0.0295. The van der Waals surface area contributed by atoms with Gasteiger partial charge in [0.2, 0.25) is 0 Å². The second-order valence-electron chi connectivity index (χ2n) is 2.88. The van der Waals surface area contributed by atoms with Crippen LogP contribution in [0.3, 0.4) is 0 Å². The third-order valence-corrected chi connectivity index (χ3v) is 2.00. The van der Waals surface area contributed by atoms with Crippen LogP contribution in [0.1, 0.15) is 36.8 Å². The first-order chi connectivity index (χ1) is 6.65. The molecule has 1 aromatic rings. The molecule has 0 saturated carbocycles. The topological polar surface area (TPSA) is 29.1 Å². The summed E-state index contributed by atoms with van der Waals surface area (Å²) in [6, 6.07) is 5.69. The Hall–Kier alpha value is -1.31. The van der Waals surface area contributed by atoms with Crippen LogP contribution in [-0.4, -0.2) is 13.0 Å². The molecule has 0 saturated heterocycles. The fourth-order valence-corrected chi connectivity index (χ4v) is 1.03. The summed E-state index contributed by atoms with van der Waals surface area (Å²) < 4.78 is 0. The van der Waals surface area contributed by atoms with Crippen LogP contribution in [-0.2, 0) is 0 Å². The highest BCUT2D eigenvalue weighted by atomic mass is 16.1. The number of hydrogen-bond acceptors (Lipinski definition) is 1. The first-order valence-corrected chi connectivity index (χ1v) is 4.94. The average Bonchev–Trinajstić information content (AvgIpc) is 2.24. The molecule has 0 aliphatic heterocycles. The molecule has 0 fully saturated rings. The third-order valence-electron chi connectivity index (χ3n) is 2.00. The highest BCUT2D eigenvalue weighted by molar-refractivity contribution is 5.94. The number of aryl methyl sites for hydroxylation is 2. The van der Waals surface area contributed by atoms with Gasteiger partial charge < -0.3 is 5.32 Å². The molecule has 0 aliphatic carbocycles. The van der Waals surface area contributed by atoms with E-state index < -0.39 is 0 Å². The maximum Gasteiger partial charge on any atom is 0.251 e. The lowest BCUT2D eigenvalue weighted by molar-refractivity contribution is 0.0963. The molecule has 1 aromatic carbocycles. The van der Waals surface area contributed by atoms with E-state index in [0.717, 1.165) is 11.1 Å². The Kier molecular flexibility index (Phi) is 5.61. The summed E-state index contributed by atoms with van der Waals surface area (Å²) in [6.07, 6.45) is 0. The fourth-order valence-electron chi connectivity index (χ4n) is 1.03. The van der Waals surface area contributed by atoms with Gasteiger partial charge in [-0.15, -0.1) is 0 Å². The normalized spacial score (nSPS) is 8.64. The monoisotopic (exact) mass is 195 g/mol. The summed E-state index contributed by atoms with van der Waals surface area (Å²) in [6.45, 7) is 8.03. The van der Waals surface area contributed by atoms with Crippen molar-refractivity contribution in [3.8, 4) is 0 Å². The van der Waals surface area contributed by atoms with Crippen molar-refractivity contribution in [3.05, 3.63) is 34.9 Å². The van der Waals surface area contributed by atoms with Crippen LogP contribution in [0.15, 0.2) is 18.2 Å². The van der Waals surface area contributed by atoms with Gasteiger partial charge in [0.05, 0.1) is 0 Å². The van der Waals surface area contributed by atoms with Gasteiger partial charge in [0, 0.05) is 14.0 Å². The SMILES string of the molecule is CC.CNC(=O)c1ccc(C)c(C)c1.[HH]. The molecule has 0 heterocycles. The first kappa shape index (κ1) is 12.7. The second-order valence-corrected chi connectivity index (χ2v) is 2.88. The summed E-state index contributed by atoms with van der Waals surface area (Å²) in [7, 11) is 1.64. The molecule has 2 heteroatoms. The van der Waals surface area contributed by atoms with Crippen LogP contribution in [0.4, 0.5) is 0 Å². The average molecular weight is 195 g/mol. The molecular weight excluding hydrogens is 174 g/mol. The minimum absolute atomic E-state index is 0. The van der Waals surface area contributed by atoms with Gasteiger partial charge in [-0.25, -0.2) is 0 Å². The molecule has 14 heavy (non-hydrogen) atoms. The highest BCUT2D eigenvalue weighted by Gasteiger charge is 2.02. The zero-order chi connectivity index (χ0) is 11.1. The number of carbonyl (C=O) groups is 1. The number of hydrogen-bond donors (Lipinski definition) is 1. The van der Waals surface area contributed by atoms with E-state index in [9.17, 15) is 4.79 Å². The van der Waals surface area contributed by atoms with E-state index >= 15 is 0 Å². The lowest BCUT2D eigenvalue weighted by atomic mass is 10.1. The van der Waals surface area contributed by atoms with Crippen molar-refractivity contribution in [2.75, 3.05) is 7.05 Å². The second kappa shape index (κ2) is 6.19. The van der Waals surface area contributed by atoms with Gasteiger partial charge in [-0.1, -0.05) is 19.9 Å². The van der Waals surface area contributed by atoms with Crippen LogP contribution in [0, 0.1) is 13.8 Å². The summed E-state index contributed by atoms with van der Waals surface area (Å²) in [5.41, 5.74) is 3.08. The molecule has 80 valence electrons. The summed E-state index contributed by atoms with van der Waals surface area (Å²) in [5.74, 6) is -0.0295. The minimum Gasteiger partial charge on any atom is -0.355 e. The van der Waals surface area contributed by atoms with E-state index in [2.05, 4.69) is 5.32 Å². The van der Waals surface area contributed by atoms with Crippen LogP contribution in [0.2, 0.25) is 0 Å². The van der Waals surface area contributed by atoms with Crippen molar-refractivity contribution in [3.63, 3.8) is 0 Å². The molecule has 0 radical (unpaired) electrons. The molecule has 0 unspecified atom stereocenters. The maximum absolute atomic E-state index is 11.2. The molecule has 1 N–H and O–H groups in total. The van der Waals surface area contributed by atoms with E-state index in [1.807, 2.05) is 45.9 Å². The van der Waals surface area contributed by atoms with Crippen LogP contribution in [0.5, 0.6) is 0 Å². The Balaban J connectivity index is 0. The molecule has 1 rings (SSSR count). The van der Waals surface area contributed by atoms with E-state index in [1.165, 1.54) is 5.56 Å². The van der Waals surface area contributed by atoms with Gasteiger partial charge in [-0.2, -0.15) is 0 Å². The highest BCUT2D eigenvalue weighted by Crippen LogP contribution is 2.09. The van der Waals surface area contributed by atoms with Crippen molar-refractivity contribution < 1.29 is 6.22 Å². The third kappa shape index (κ3) is 3.21. The predicted octanol–water partition coefficient (Wildman–Crippen LogP) is 2.94. The quantitative estimate of drug-likeness (QED) is 0.733. The molecule has 0 spiro atoms. The van der Waals surface area contributed by atoms with E-state index in [1.54, 1.807) is 7.05 Å². The zero-order valence-electron chi connectivity index (χ0n) is 9.64. The van der Waals surface area contributed by atoms with Crippen molar-refractivity contribution in [2.45, 2.75) is 27.7 Å². The summed E-state index contributed by atoms with van der Waals surface area (Å²) in [5, 5.41) is 2.59. The maximum atomic E-state index is 11.2. The Morgan fingerprint density at radius 3 is 2.21 bits per heavy atom. The Morgan fingerprint density at radius 2 is 1.79 bits per heavy atom. The largest absolute Gasteiger partial charge is 0.355 e. The van der Waals surface area contributed by atoms with Crippen molar-refractivity contribution in [1.29, 1.82) is 0 Å². The van der Waals surface area contributed by atoms with Crippen molar-refractivity contribution >= 4 is 5.91 Å². The van der Waals surface area contributed by atoms with Gasteiger partial charge in [0.25, 0.3) is 5.91 Å². The molecule has 0 bridgehead atoms. The van der Waals surface area contributed by atoms with Crippen LogP contribution >= 0.6 is 0 Å². The van der Waals surface area contributed by atoms with Crippen molar-refractivity contribution in [1.82, 2.24) is 5.32 Å². The van der Waals surface area contributed by atoms with Gasteiger partial charge in [0.15, 0.2) is 0 Å². The number of benzene rings is 1. The number of carbonyl (C=O) groups excluding carboxylic acids is 1. The van der Waals surface area contributed by atoms with Gasteiger partial charge >= 0.3 is 0 Å². The fraction of sp³-hybridized carbons (Fsp3) is 0.417. The van der Waals surface area contributed by atoms with Crippen LogP contribution in [0.25, 0.3) is 0 Å². The zero-order valence-corrected chi connectivity index (χ0v) is 9.64. The van der Waals surface area contributed by atoms with E-state index in [4.69, 9.17) is 0 Å². The van der Waals surface area contributed by atoms with Crippen LogP contribution < -0.4 is 5.32 Å².